The van der Waals surface area contributed by atoms with Crippen molar-refractivity contribution >= 4 is 5.97 Å². The molecule has 0 aromatic heterocycles. The summed E-state index contributed by atoms with van der Waals surface area (Å²) in [5.41, 5.74) is 0.940. The van der Waals surface area contributed by atoms with Crippen LogP contribution in [-0.4, -0.2) is 11.1 Å². The van der Waals surface area contributed by atoms with Gasteiger partial charge in [0, 0.05) is 0 Å². The van der Waals surface area contributed by atoms with E-state index >= 15 is 0 Å². The van der Waals surface area contributed by atoms with E-state index in [-0.39, 0.29) is 5.92 Å². The minimum Gasteiger partial charge on any atom is -0.481 e. The quantitative estimate of drug-likeness (QED) is 0.559. The van der Waals surface area contributed by atoms with E-state index in [4.69, 9.17) is 5.11 Å². The van der Waals surface area contributed by atoms with Crippen molar-refractivity contribution in [3.8, 4) is 0 Å². The molecule has 0 saturated carbocycles. The first-order valence-corrected chi connectivity index (χ1v) is 3.28. The molecule has 10 heavy (non-hydrogen) atoms. The van der Waals surface area contributed by atoms with Gasteiger partial charge >= 0.3 is 5.97 Å². The van der Waals surface area contributed by atoms with Gasteiger partial charge in [-0.05, 0) is 13.3 Å². The Morgan fingerprint density at radius 3 is 2.90 bits per heavy atom. The lowest BCUT2D eigenvalue weighted by Crippen LogP contribution is -2.13. The Hall–Kier alpha value is -1.05. The molecular weight excluding hydrogens is 128 g/mol. The van der Waals surface area contributed by atoms with Gasteiger partial charge < -0.3 is 5.11 Å². The van der Waals surface area contributed by atoms with Crippen molar-refractivity contribution in [2.45, 2.75) is 13.3 Å². The fourth-order valence-electron chi connectivity index (χ4n) is 1.02. The molecule has 0 saturated heterocycles. The molecular formula is C8H10O2. The molecule has 0 aliphatic heterocycles. The summed E-state index contributed by atoms with van der Waals surface area (Å²) >= 11 is 0. The molecule has 0 amide bonds. The normalized spacial score (nSPS) is 24.1. The fourth-order valence-corrected chi connectivity index (χ4v) is 1.02. The average molecular weight is 138 g/mol. The summed E-state index contributed by atoms with van der Waals surface area (Å²) < 4.78 is 0. The highest BCUT2D eigenvalue weighted by Gasteiger charge is 2.16. The van der Waals surface area contributed by atoms with Crippen LogP contribution in [0.25, 0.3) is 0 Å². The molecule has 0 fully saturated rings. The Labute approximate surface area is 59.9 Å². The van der Waals surface area contributed by atoms with Gasteiger partial charge in [0.1, 0.15) is 0 Å². The van der Waals surface area contributed by atoms with Gasteiger partial charge in [-0.25, -0.2) is 0 Å². The summed E-state index contributed by atoms with van der Waals surface area (Å²) in [5.74, 6) is -1.14. The van der Waals surface area contributed by atoms with Crippen molar-refractivity contribution < 1.29 is 9.90 Å². The minimum absolute atomic E-state index is 0.381. The van der Waals surface area contributed by atoms with E-state index in [1.807, 2.05) is 19.1 Å². The summed E-state index contributed by atoms with van der Waals surface area (Å²) in [7, 11) is 0. The highest BCUT2D eigenvalue weighted by atomic mass is 16.4. The molecule has 0 spiro atoms. The number of hydrogen-bond donors (Lipinski definition) is 1. The Kier molecular flexibility index (Phi) is 1.90. The molecule has 0 radical (unpaired) electrons. The van der Waals surface area contributed by atoms with E-state index in [2.05, 4.69) is 0 Å². The minimum atomic E-state index is -0.760. The predicted octanol–water partition coefficient (Wildman–Crippen LogP) is 1.59. The van der Waals surface area contributed by atoms with Crippen molar-refractivity contribution in [3.63, 3.8) is 0 Å². The van der Waals surface area contributed by atoms with Crippen molar-refractivity contribution in [2.24, 2.45) is 5.92 Å². The first kappa shape index (κ1) is 7.06. The maximum absolute atomic E-state index is 10.5. The van der Waals surface area contributed by atoms with Gasteiger partial charge in [-0.3, -0.25) is 4.79 Å². The van der Waals surface area contributed by atoms with Gasteiger partial charge in [0.05, 0.1) is 5.92 Å². The largest absolute Gasteiger partial charge is 0.481 e. The Balaban J connectivity index is 2.75. The number of rotatable bonds is 1. The third-order valence-corrected chi connectivity index (χ3v) is 1.66. The molecule has 1 aliphatic rings. The Morgan fingerprint density at radius 2 is 2.50 bits per heavy atom. The SMILES string of the molecule is CC1=CCC=C[C@H]1C(=O)O. The van der Waals surface area contributed by atoms with Crippen molar-refractivity contribution in [1.29, 1.82) is 0 Å². The maximum Gasteiger partial charge on any atom is 0.314 e. The standard InChI is InChI=1S/C8H10O2/c1-6-4-2-3-5-7(6)8(9)10/h3-5,7H,2H2,1H3,(H,9,10)/t7-/m1/s1. The number of hydrogen-bond acceptors (Lipinski definition) is 1. The monoisotopic (exact) mass is 138 g/mol. The van der Waals surface area contributed by atoms with Crippen LogP contribution >= 0.6 is 0 Å². The first-order valence-electron chi connectivity index (χ1n) is 3.28. The number of aliphatic carboxylic acids is 1. The second kappa shape index (κ2) is 2.69. The molecule has 0 bridgehead atoms. The lowest BCUT2D eigenvalue weighted by molar-refractivity contribution is -0.138. The van der Waals surface area contributed by atoms with E-state index in [1.54, 1.807) is 6.08 Å². The van der Waals surface area contributed by atoms with Gasteiger partial charge in [0.25, 0.3) is 0 Å². The first-order chi connectivity index (χ1) is 4.72. The molecule has 1 rings (SSSR count). The average Bonchev–Trinajstić information content (AvgIpc) is 1.88. The zero-order valence-corrected chi connectivity index (χ0v) is 5.87. The predicted molar refractivity (Wildman–Crippen MR) is 38.6 cm³/mol. The van der Waals surface area contributed by atoms with E-state index in [0.717, 1.165) is 12.0 Å². The molecule has 2 heteroatoms. The van der Waals surface area contributed by atoms with Crippen molar-refractivity contribution in [2.75, 3.05) is 0 Å². The zero-order valence-electron chi connectivity index (χ0n) is 5.87. The second-order valence-electron chi connectivity index (χ2n) is 2.43. The summed E-state index contributed by atoms with van der Waals surface area (Å²) in [6.45, 7) is 1.85. The third-order valence-electron chi connectivity index (χ3n) is 1.66. The van der Waals surface area contributed by atoms with E-state index < -0.39 is 5.97 Å². The molecule has 1 aliphatic carbocycles. The number of carbonyl (C=O) groups is 1. The van der Waals surface area contributed by atoms with Gasteiger partial charge in [-0.2, -0.15) is 0 Å². The topological polar surface area (TPSA) is 37.3 Å². The summed E-state index contributed by atoms with van der Waals surface area (Å²) in [5, 5.41) is 8.62. The molecule has 2 nitrogen and oxygen atoms in total. The molecule has 54 valence electrons. The fraction of sp³-hybridized carbons (Fsp3) is 0.375. The van der Waals surface area contributed by atoms with Gasteiger partial charge in [-0.15, -0.1) is 0 Å². The number of carboxylic acids is 1. The van der Waals surface area contributed by atoms with E-state index in [9.17, 15) is 4.79 Å². The molecule has 0 aromatic carbocycles. The Bertz CT molecular complexity index is 201. The van der Waals surface area contributed by atoms with Crippen LogP contribution < -0.4 is 0 Å². The number of allylic oxidation sites excluding steroid dienone is 2. The van der Waals surface area contributed by atoms with Crippen molar-refractivity contribution in [1.82, 2.24) is 0 Å². The zero-order chi connectivity index (χ0) is 7.56. The lowest BCUT2D eigenvalue weighted by atomic mass is 9.95. The molecule has 0 unspecified atom stereocenters. The van der Waals surface area contributed by atoms with Crippen molar-refractivity contribution in [3.05, 3.63) is 23.8 Å². The lowest BCUT2D eigenvalue weighted by Gasteiger charge is -2.10. The number of carboxylic acid groups (broad SMARTS) is 1. The van der Waals surface area contributed by atoms with E-state index in [1.165, 1.54) is 0 Å². The molecule has 0 aromatic rings. The van der Waals surface area contributed by atoms with Crippen LogP contribution in [0, 0.1) is 5.92 Å². The third kappa shape index (κ3) is 1.26. The van der Waals surface area contributed by atoms with Crippen LogP contribution in [0.1, 0.15) is 13.3 Å². The highest BCUT2D eigenvalue weighted by molar-refractivity contribution is 5.76. The molecule has 1 atom stereocenters. The smallest absolute Gasteiger partial charge is 0.314 e. The van der Waals surface area contributed by atoms with Gasteiger partial charge in [0.2, 0.25) is 0 Å². The van der Waals surface area contributed by atoms with Crippen LogP contribution in [0.2, 0.25) is 0 Å². The summed E-state index contributed by atoms with van der Waals surface area (Å²) in [6, 6.07) is 0. The Morgan fingerprint density at radius 1 is 1.80 bits per heavy atom. The maximum atomic E-state index is 10.5. The molecule has 1 N–H and O–H groups in total. The van der Waals surface area contributed by atoms with Crippen LogP contribution in [0.15, 0.2) is 23.8 Å². The summed E-state index contributed by atoms with van der Waals surface area (Å²) in [4.78, 5) is 10.5. The highest BCUT2D eigenvalue weighted by Crippen LogP contribution is 2.17. The van der Waals surface area contributed by atoms with E-state index in [0.29, 0.717) is 0 Å². The van der Waals surface area contributed by atoms with Gasteiger partial charge in [0.15, 0.2) is 0 Å². The molecule has 0 heterocycles. The summed E-state index contributed by atoms with van der Waals surface area (Å²) in [6.07, 6.45) is 6.43. The van der Waals surface area contributed by atoms with Crippen LogP contribution in [-0.2, 0) is 4.79 Å². The van der Waals surface area contributed by atoms with Crippen LogP contribution in [0.4, 0.5) is 0 Å². The van der Waals surface area contributed by atoms with Crippen LogP contribution in [0.3, 0.4) is 0 Å². The van der Waals surface area contributed by atoms with Crippen LogP contribution in [0.5, 0.6) is 0 Å². The second-order valence-corrected chi connectivity index (χ2v) is 2.43. The van der Waals surface area contributed by atoms with Gasteiger partial charge in [-0.1, -0.05) is 23.8 Å².